The minimum Gasteiger partial charge on any atom is -0.492 e. The van der Waals surface area contributed by atoms with Crippen LogP contribution in [0.1, 0.15) is 32.8 Å². The van der Waals surface area contributed by atoms with Crippen molar-refractivity contribution in [2.24, 2.45) is 0 Å². The smallest absolute Gasteiger partial charge is 0.142 e. The van der Waals surface area contributed by atoms with Crippen molar-refractivity contribution >= 4 is 11.6 Å². The molecule has 0 fully saturated rings. The topological polar surface area (TPSA) is 30.5 Å². The van der Waals surface area contributed by atoms with Gasteiger partial charge in [0.1, 0.15) is 5.75 Å². The molecular weight excluding hydrogens is 262 g/mol. The fraction of sp³-hybridized carbons (Fsp3) is 0.600. The minimum atomic E-state index is 0.435. The average molecular weight is 286 g/mol. The summed E-state index contributed by atoms with van der Waals surface area (Å²) in [6.07, 6.45) is 0.871. The first kappa shape index (κ1) is 16.3. The van der Waals surface area contributed by atoms with Crippen molar-refractivity contribution < 1.29 is 9.47 Å². The first-order chi connectivity index (χ1) is 9.15. The maximum absolute atomic E-state index is 6.20. The van der Waals surface area contributed by atoms with Crippen molar-refractivity contribution in [1.82, 2.24) is 5.32 Å². The molecule has 1 rings (SSSR count). The van der Waals surface area contributed by atoms with Crippen LogP contribution in [0, 0.1) is 0 Å². The number of hydrogen-bond acceptors (Lipinski definition) is 3. The summed E-state index contributed by atoms with van der Waals surface area (Å²) in [7, 11) is 0. The highest BCUT2D eigenvalue weighted by Crippen LogP contribution is 2.28. The standard InChI is InChI=1S/C15H24ClNO2/c1-4-18-9-6-10-19-15-13(11-17-12(2)3)7-5-8-14(15)16/h5,7-8,12,17H,4,6,9-11H2,1-3H3. The number of hydrogen-bond donors (Lipinski definition) is 1. The van der Waals surface area contributed by atoms with Gasteiger partial charge in [0.05, 0.1) is 11.6 Å². The molecular formula is C15H24ClNO2. The molecule has 0 radical (unpaired) electrons. The van der Waals surface area contributed by atoms with E-state index in [1.165, 1.54) is 0 Å². The van der Waals surface area contributed by atoms with Crippen LogP contribution in [-0.4, -0.2) is 25.9 Å². The zero-order valence-corrected chi connectivity index (χ0v) is 12.8. The third-order valence-electron chi connectivity index (χ3n) is 2.63. The SMILES string of the molecule is CCOCCCOc1c(Cl)cccc1CNC(C)C. The van der Waals surface area contributed by atoms with Crippen LogP contribution in [0.5, 0.6) is 5.75 Å². The molecule has 1 aromatic carbocycles. The zero-order chi connectivity index (χ0) is 14.1. The second-order valence-electron chi connectivity index (χ2n) is 4.66. The van der Waals surface area contributed by atoms with Gasteiger partial charge in [0.15, 0.2) is 0 Å². The van der Waals surface area contributed by atoms with Crippen LogP contribution in [0.4, 0.5) is 0 Å². The summed E-state index contributed by atoms with van der Waals surface area (Å²) in [4.78, 5) is 0. The summed E-state index contributed by atoms with van der Waals surface area (Å²) < 4.78 is 11.1. The monoisotopic (exact) mass is 285 g/mol. The van der Waals surface area contributed by atoms with Gasteiger partial charge in [-0.05, 0) is 13.0 Å². The molecule has 0 unspecified atom stereocenters. The van der Waals surface area contributed by atoms with Crippen molar-refractivity contribution in [3.05, 3.63) is 28.8 Å². The largest absolute Gasteiger partial charge is 0.492 e. The molecule has 1 N–H and O–H groups in total. The predicted molar refractivity (Wildman–Crippen MR) is 80.0 cm³/mol. The summed E-state index contributed by atoms with van der Waals surface area (Å²) in [5, 5.41) is 4.04. The predicted octanol–water partition coefficient (Wildman–Crippen LogP) is 3.64. The molecule has 4 heteroatoms. The summed E-state index contributed by atoms with van der Waals surface area (Å²) in [6.45, 7) is 9.08. The molecule has 0 aliphatic carbocycles. The molecule has 0 atom stereocenters. The third-order valence-corrected chi connectivity index (χ3v) is 2.93. The van der Waals surface area contributed by atoms with Gasteiger partial charge in [-0.25, -0.2) is 0 Å². The molecule has 3 nitrogen and oxygen atoms in total. The van der Waals surface area contributed by atoms with Crippen molar-refractivity contribution in [2.75, 3.05) is 19.8 Å². The van der Waals surface area contributed by atoms with Crippen LogP contribution in [0.15, 0.2) is 18.2 Å². The van der Waals surface area contributed by atoms with E-state index in [0.717, 1.165) is 37.5 Å². The van der Waals surface area contributed by atoms with Gasteiger partial charge < -0.3 is 14.8 Å². The van der Waals surface area contributed by atoms with Crippen molar-refractivity contribution in [3.8, 4) is 5.75 Å². The van der Waals surface area contributed by atoms with Crippen LogP contribution >= 0.6 is 11.6 Å². The van der Waals surface area contributed by atoms with Gasteiger partial charge in [-0.2, -0.15) is 0 Å². The molecule has 0 spiro atoms. The van der Waals surface area contributed by atoms with Gasteiger partial charge in [0, 0.05) is 37.8 Å². The number of rotatable bonds is 9. The van der Waals surface area contributed by atoms with E-state index in [-0.39, 0.29) is 0 Å². The molecule has 1 aromatic rings. The molecule has 0 saturated carbocycles. The van der Waals surface area contributed by atoms with E-state index in [2.05, 4.69) is 19.2 Å². The number of ether oxygens (including phenoxy) is 2. The summed E-state index contributed by atoms with van der Waals surface area (Å²) in [6, 6.07) is 6.29. The van der Waals surface area contributed by atoms with E-state index >= 15 is 0 Å². The number of halogens is 1. The summed E-state index contributed by atoms with van der Waals surface area (Å²) in [5.74, 6) is 0.786. The number of benzene rings is 1. The highest BCUT2D eigenvalue weighted by molar-refractivity contribution is 6.32. The molecule has 19 heavy (non-hydrogen) atoms. The van der Waals surface area contributed by atoms with Crippen molar-refractivity contribution in [3.63, 3.8) is 0 Å². The van der Waals surface area contributed by atoms with E-state index in [1.807, 2.05) is 25.1 Å². The maximum atomic E-state index is 6.20. The van der Waals surface area contributed by atoms with Crippen LogP contribution < -0.4 is 10.1 Å². The Balaban J connectivity index is 2.54. The quantitative estimate of drug-likeness (QED) is 0.703. The molecule has 0 saturated heterocycles. The van der Waals surface area contributed by atoms with Crippen LogP contribution in [0.3, 0.4) is 0 Å². The fourth-order valence-corrected chi connectivity index (χ4v) is 1.90. The van der Waals surface area contributed by atoms with Gasteiger partial charge in [-0.3, -0.25) is 0 Å². The molecule has 0 amide bonds. The van der Waals surface area contributed by atoms with E-state index in [0.29, 0.717) is 17.7 Å². The van der Waals surface area contributed by atoms with Crippen molar-refractivity contribution in [2.45, 2.75) is 39.8 Å². The lowest BCUT2D eigenvalue weighted by Gasteiger charge is -2.15. The Morgan fingerprint density at radius 2 is 2.05 bits per heavy atom. The summed E-state index contributed by atoms with van der Waals surface area (Å²) in [5.41, 5.74) is 1.10. The Kier molecular flexibility index (Phi) is 7.87. The maximum Gasteiger partial charge on any atom is 0.142 e. The second kappa shape index (κ2) is 9.18. The van der Waals surface area contributed by atoms with E-state index in [9.17, 15) is 0 Å². The Hall–Kier alpha value is -0.770. The lowest BCUT2D eigenvalue weighted by atomic mass is 10.2. The Morgan fingerprint density at radius 1 is 1.26 bits per heavy atom. The van der Waals surface area contributed by atoms with E-state index in [4.69, 9.17) is 21.1 Å². The van der Waals surface area contributed by atoms with Crippen LogP contribution in [0.2, 0.25) is 5.02 Å². The molecule has 108 valence electrons. The molecule has 0 aromatic heterocycles. The van der Waals surface area contributed by atoms with Crippen molar-refractivity contribution in [1.29, 1.82) is 0 Å². The van der Waals surface area contributed by atoms with Crippen LogP contribution in [-0.2, 0) is 11.3 Å². The van der Waals surface area contributed by atoms with Gasteiger partial charge in [0.25, 0.3) is 0 Å². The van der Waals surface area contributed by atoms with Gasteiger partial charge >= 0.3 is 0 Å². The van der Waals surface area contributed by atoms with Gasteiger partial charge in [-0.15, -0.1) is 0 Å². The zero-order valence-electron chi connectivity index (χ0n) is 12.0. The van der Waals surface area contributed by atoms with Crippen LogP contribution in [0.25, 0.3) is 0 Å². The number of nitrogens with one attached hydrogen (secondary N) is 1. The highest BCUT2D eigenvalue weighted by atomic mass is 35.5. The molecule has 0 heterocycles. The number of para-hydroxylation sites is 1. The minimum absolute atomic E-state index is 0.435. The normalized spacial score (nSPS) is 11.0. The average Bonchev–Trinajstić information content (AvgIpc) is 2.38. The lowest BCUT2D eigenvalue weighted by Crippen LogP contribution is -2.22. The molecule has 0 bridgehead atoms. The Morgan fingerprint density at radius 3 is 2.74 bits per heavy atom. The Bertz CT molecular complexity index is 369. The first-order valence-corrected chi connectivity index (χ1v) is 7.24. The van der Waals surface area contributed by atoms with Gasteiger partial charge in [-0.1, -0.05) is 37.6 Å². The second-order valence-corrected chi connectivity index (χ2v) is 5.07. The molecule has 0 aliphatic rings. The summed E-state index contributed by atoms with van der Waals surface area (Å²) >= 11 is 6.20. The molecule has 0 aliphatic heterocycles. The van der Waals surface area contributed by atoms with Gasteiger partial charge in [0.2, 0.25) is 0 Å². The fourth-order valence-electron chi connectivity index (χ4n) is 1.65. The first-order valence-electron chi connectivity index (χ1n) is 6.86. The lowest BCUT2D eigenvalue weighted by molar-refractivity contribution is 0.130. The highest BCUT2D eigenvalue weighted by Gasteiger charge is 2.08. The van der Waals surface area contributed by atoms with E-state index in [1.54, 1.807) is 0 Å². The third kappa shape index (κ3) is 6.28. The van der Waals surface area contributed by atoms with E-state index < -0.39 is 0 Å². The Labute approximate surface area is 121 Å².